The summed E-state index contributed by atoms with van der Waals surface area (Å²) in [6.07, 6.45) is 48.2. The molecule has 3 amide bonds. The lowest BCUT2D eigenvalue weighted by Gasteiger charge is -2.18. The third kappa shape index (κ3) is 27.9. The number of ketones is 1. The molecule has 1 N–H and O–H groups in total. The summed E-state index contributed by atoms with van der Waals surface area (Å²) in [5.41, 5.74) is 16.9. The largest absolute Gasteiger partial charge is 0.320 e. The molecule has 0 fully saturated rings. The molecule has 8 atom stereocenters. The number of allylic oxidation sites excluding steroid dienone is 1. The number of amides is 3. The Bertz CT molecular complexity index is 6080. The molecule has 7 nitrogen and oxygen atoms in total. The summed E-state index contributed by atoms with van der Waals surface area (Å²) >= 11 is 22.3. The molecule has 1 aliphatic carbocycles. The molecular weight excluding hydrogens is 2050 g/mol. The Morgan fingerprint density at radius 3 is 0.757 bits per heavy atom. The van der Waals surface area contributed by atoms with Crippen LogP contribution >= 0.6 is 136 Å². The van der Waals surface area contributed by atoms with Gasteiger partial charge in [-0.15, -0.1) is 136 Å². The van der Waals surface area contributed by atoms with Crippen molar-refractivity contribution in [3.05, 3.63) is 205 Å². The first-order valence-electron chi connectivity index (χ1n) is 57.7. The van der Waals surface area contributed by atoms with Gasteiger partial charge in [0.2, 0.25) is 0 Å². The number of fused-ring (bicyclic) bond motifs is 2. The van der Waals surface area contributed by atoms with E-state index in [-0.39, 0.29) is 29.9 Å². The van der Waals surface area contributed by atoms with Gasteiger partial charge in [0.25, 0.3) is 17.7 Å². The van der Waals surface area contributed by atoms with Gasteiger partial charge in [0.1, 0.15) is 0 Å². The molecule has 0 radical (unpaired) electrons. The molecule has 0 saturated heterocycles. The number of Topliss-reactive ketones (excluding diaryl/α,β-unsaturated/α-hetero) is 1. The van der Waals surface area contributed by atoms with E-state index in [1.807, 2.05) is 116 Å². The lowest BCUT2D eigenvalue weighted by atomic mass is 9.91. The van der Waals surface area contributed by atoms with Crippen LogP contribution < -0.4 is 5.32 Å². The molecular formula is C128H168FN3O4S12. The lowest BCUT2D eigenvalue weighted by Crippen LogP contribution is -2.24. The Morgan fingerprint density at radius 2 is 0.507 bits per heavy atom. The van der Waals surface area contributed by atoms with Gasteiger partial charge in [0.05, 0.1) is 62.5 Å². The SMILES string of the molecule is CCCCC(CC)Cc1ccsc1-c1ccc(-c2sc(C3=C4C(=O)N(C)C(c5cc(CC(CC)CCCC)c(-c6ccc(-c7sccc7CC(CC)CCCC)s6)s5)=C4C(=O)N3C)cc2CC(CC)CCCC)s1.CCCCC(CC)Cc1ccsc1-c1ccc(-c2sc(C3=C4C(=O)NC(c5cc(CC(CC)CCCC)c(-c6ccc(-c7sccc7CC(CC)CCCC)s6)s5)=C4C(=O)C3)cc2CC(CC)CCCC)s1.[2H]CF. The fourth-order valence-corrected chi connectivity index (χ4v) is 36.8. The van der Waals surface area contributed by atoms with E-state index in [0.717, 1.165) is 131 Å². The molecule has 0 saturated carbocycles. The maximum atomic E-state index is 15.0. The van der Waals surface area contributed by atoms with Crippen molar-refractivity contribution in [1.82, 2.24) is 15.1 Å². The molecule has 3 aliphatic heterocycles. The Labute approximate surface area is 938 Å². The van der Waals surface area contributed by atoms with Crippen molar-refractivity contribution in [2.75, 3.05) is 21.2 Å². The number of thiophene rings is 12. The van der Waals surface area contributed by atoms with Gasteiger partial charge in [0.15, 0.2) is 5.78 Å². The van der Waals surface area contributed by atoms with E-state index in [0.29, 0.717) is 57.8 Å². The smallest absolute Gasteiger partial charge is 0.261 e. The Hall–Kier alpha value is -6.63. The van der Waals surface area contributed by atoms with Crippen LogP contribution in [-0.4, -0.2) is 54.6 Å². The molecule has 15 heterocycles. The highest BCUT2D eigenvalue weighted by Gasteiger charge is 2.49. The van der Waals surface area contributed by atoms with E-state index in [2.05, 4.69) is 235 Å². The number of rotatable bonds is 60. The van der Waals surface area contributed by atoms with Crippen LogP contribution in [0.1, 0.15) is 388 Å². The van der Waals surface area contributed by atoms with Gasteiger partial charge in [0, 0.05) is 103 Å². The van der Waals surface area contributed by atoms with Crippen molar-refractivity contribution < 1.29 is 24.9 Å². The van der Waals surface area contributed by atoms with Gasteiger partial charge in [-0.2, -0.15) is 0 Å². The monoisotopic (exact) mass is 2210 g/mol. The third-order valence-electron chi connectivity index (χ3n) is 32.2. The zero-order chi connectivity index (χ0) is 106. The van der Waals surface area contributed by atoms with E-state index >= 15 is 0 Å². The molecule has 16 rings (SSSR count). The maximum Gasteiger partial charge on any atom is 0.261 e. The number of hydrogen-bond acceptors (Lipinski definition) is 16. The maximum absolute atomic E-state index is 15.0. The summed E-state index contributed by atoms with van der Waals surface area (Å²) in [5, 5.41) is 12.5. The van der Waals surface area contributed by atoms with Crippen molar-refractivity contribution >= 4 is 182 Å². The number of carbonyl (C=O) groups excluding carboxylic acids is 4. The summed E-state index contributed by atoms with van der Waals surface area (Å²) in [6.45, 7) is 37.1. The van der Waals surface area contributed by atoms with E-state index in [4.69, 9.17) is 1.37 Å². The van der Waals surface area contributed by atoms with Gasteiger partial charge >= 0.3 is 0 Å². The predicted octanol–water partition coefficient (Wildman–Crippen LogP) is 42.4. The first-order valence-corrected chi connectivity index (χ1v) is 67.0. The van der Waals surface area contributed by atoms with E-state index in [1.54, 1.807) is 43.8 Å². The lowest BCUT2D eigenvalue weighted by molar-refractivity contribution is -0.123. The summed E-state index contributed by atoms with van der Waals surface area (Å²) in [7, 11) is 2.79. The highest BCUT2D eigenvalue weighted by Crippen LogP contribution is 2.57. The number of hydrogen-bond donors (Lipinski definition) is 1. The molecule has 12 aromatic heterocycles. The predicted molar refractivity (Wildman–Crippen MR) is 658 cm³/mol. The molecule has 20 heteroatoms. The van der Waals surface area contributed by atoms with Crippen LogP contribution in [0.4, 0.5) is 4.39 Å². The van der Waals surface area contributed by atoms with Crippen LogP contribution in [0.5, 0.6) is 0 Å². The van der Waals surface area contributed by atoms with Crippen molar-refractivity contribution in [2.45, 2.75) is 374 Å². The fourth-order valence-electron chi connectivity index (χ4n) is 22.8. The minimum atomic E-state index is -1.00. The number of nitrogens with zero attached hydrogens (tertiary/aromatic N) is 2. The number of nitrogens with one attached hydrogen (secondary N) is 1. The van der Waals surface area contributed by atoms with Crippen LogP contribution in [-0.2, 0) is 70.5 Å². The summed E-state index contributed by atoms with van der Waals surface area (Å²) in [5.74, 6) is 4.96. The molecule has 12 aromatic rings. The first kappa shape index (κ1) is 115. The average molecular weight is 2220 g/mol. The highest BCUT2D eigenvalue weighted by molar-refractivity contribution is 7.29. The molecule has 798 valence electrons. The average Bonchev–Trinajstić information content (AvgIpc) is 1.55. The second-order valence-electron chi connectivity index (χ2n) is 42.4. The zero-order valence-corrected chi connectivity index (χ0v) is 102. The molecule has 4 aliphatic rings. The Balaban J connectivity index is 0.000000229. The van der Waals surface area contributed by atoms with Crippen LogP contribution in [0.15, 0.2) is 141 Å². The molecule has 0 bridgehead atoms. The first-order chi connectivity index (χ1) is 72.6. The minimum absolute atomic E-state index is 0.0611. The number of carbonyl (C=O) groups is 4. The minimum Gasteiger partial charge on any atom is -0.320 e. The van der Waals surface area contributed by atoms with Crippen molar-refractivity contribution in [3.63, 3.8) is 0 Å². The van der Waals surface area contributed by atoms with Crippen molar-refractivity contribution in [2.24, 2.45) is 47.3 Å². The molecule has 0 spiro atoms. The van der Waals surface area contributed by atoms with Gasteiger partial charge in [-0.05, 0) is 267 Å². The van der Waals surface area contributed by atoms with Crippen molar-refractivity contribution in [1.29, 1.82) is 0 Å². The second-order valence-corrected chi connectivity index (χ2v) is 54.6. The highest BCUT2D eigenvalue weighted by atomic mass is 32.1. The standard InChI is InChI=1S/C64H84N2O2S6.C63H81NO2S6.CH3F/c1-11-19-23-41(15-5)35-45-31-33-69-59(45)49-27-29-51(71-49)61-47(37-43(17-7)25-21-13-3)39-53(73-61)57-55-56(64(68)65(57)9)58(66(10)63(55)67)54-40-48(38-44(18-8)26-22-14-4)62(74-54)52-30-28-50(72-52)60-46(32-34-70-60)36-42(16-6)24-20-12-2;1-9-17-21-40(13-5)33-44-29-31-67-59(44)50-25-27-52(69-50)61-46(35-42(15-7)23-19-11-3)37-54(71-61)48-39-49(65)57-56(48)63(66)64-58(57)55-38-47(36-43(16-8)24-20-12-4)62(72-55)53-28-26-51(70-53)60-45(30-32-68-60)34-41(14-6)22-18-10-2;1-2/h27-34,39-44H,11-26,35-38H2,1-10H3;25-32,37-38,40-43H,9-24,33-36,39H2,1-8H3,(H,64,66);1H3/i;;1D. The fraction of sp³-hybridized carbons (Fsp3) is 0.531. The quantitative estimate of drug-likeness (QED) is 0.0411. The van der Waals surface area contributed by atoms with Crippen LogP contribution in [0.2, 0.25) is 0 Å². The van der Waals surface area contributed by atoms with Crippen LogP contribution in [0.25, 0.3) is 101 Å². The van der Waals surface area contributed by atoms with E-state index in [9.17, 15) is 23.6 Å². The summed E-state index contributed by atoms with van der Waals surface area (Å²) < 4.78 is 15.5. The number of likely N-dealkylation sites (N-methyl/N-ethyl adjacent to an activating group) is 2. The molecule has 8 unspecified atom stereocenters. The van der Waals surface area contributed by atoms with Crippen molar-refractivity contribution in [3.8, 4) is 78.0 Å². The Morgan fingerprint density at radius 1 is 0.284 bits per heavy atom. The van der Waals surface area contributed by atoms with Gasteiger partial charge in [-0.1, -0.05) is 316 Å². The summed E-state index contributed by atoms with van der Waals surface area (Å²) in [6, 6.07) is 37.6. The summed E-state index contributed by atoms with van der Waals surface area (Å²) in [4.78, 5) is 88.1. The van der Waals surface area contributed by atoms with Gasteiger partial charge < -0.3 is 15.1 Å². The number of halogens is 1. The zero-order valence-electron chi connectivity index (χ0n) is 93.2. The Kier molecular flexibility index (Phi) is 45.0. The number of unbranched alkanes of at least 4 members (excludes halogenated alkanes) is 8. The van der Waals surface area contributed by atoms with Crippen LogP contribution in [0.3, 0.4) is 0 Å². The normalized spacial score (nSPS) is 15.5. The van der Waals surface area contributed by atoms with Crippen LogP contribution in [0, 0.1) is 47.3 Å². The van der Waals surface area contributed by atoms with E-state index < -0.39 is 7.15 Å². The van der Waals surface area contributed by atoms with E-state index in [1.165, 1.54) is 302 Å². The molecule has 0 aromatic carbocycles. The van der Waals surface area contributed by atoms with Gasteiger partial charge in [-0.25, -0.2) is 0 Å². The molecule has 148 heavy (non-hydrogen) atoms. The third-order valence-corrected chi connectivity index (χ3v) is 46.6. The topological polar surface area (TPSA) is 86.8 Å². The second kappa shape index (κ2) is 57.7. The van der Waals surface area contributed by atoms with Gasteiger partial charge in [-0.3, -0.25) is 23.6 Å². The number of alkyl halides is 1.